The first-order valence-corrected chi connectivity index (χ1v) is 22.3. The molecule has 0 spiro atoms. The van der Waals surface area contributed by atoms with Crippen molar-refractivity contribution in [2.45, 2.75) is 64.6 Å². The lowest BCUT2D eigenvalue weighted by Crippen LogP contribution is -2.33. The Labute approximate surface area is 367 Å². The van der Waals surface area contributed by atoms with Crippen LogP contribution in [0, 0.1) is 11.3 Å². The van der Waals surface area contributed by atoms with Gasteiger partial charge in [-0.2, -0.15) is 5.26 Å². The zero-order valence-corrected chi connectivity index (χ0v) is 37.4. The molecule has 0 bridgehead atoms. The van der Waals surface area contributed by atoms with Gasteiger partial charge in [-0.1, -0.05) is 78.9 Å². The van der Waals surface area contributed by atoms with E-state index in [0.29, 0.717) is 79.4 Å². The molecule has 6 rings (SSSR count). The average molecular weight is 857 g/mol. The highest BCUT2D eigenvalue weighted by Gasteiger charge is 2.38. The number of fused-ring (bicyclic) bond motifs is 2. The summed E-state index contributed by atoms with van der Waals surface area (Å²) in [5.41, 5.74) is 4.54. The van der Waals surface area contributed by atoms with Gasteiger partial charge in [0.15, 0.2) is 11.6 Å². The van der Waals surface area contributed by atoms with Crippen molar-refractivity contribution in [1.29, 1.82) is 5.26 Å². The summed E-state index contributed by atoms with van der Waals surface area (Å²) >= 11 is 0. The van der Waals surface area contributed by atoms with E-state index < -0.39 is 14.1 Å². The number of benzene rings is 5. The van der Waals surface area contributed by atoms with E-state index in [1.165, 1.54) is 0 Å². The van der Waals surface area contributed by atoms with Crippen LogP contribution < -0.4 is 20.1 Å². The molecule has 1 aliphatic carbocycles. The first-order valence-electron chi connectivity index (χ1n) is 21.2. The largest absolute Gasteiger partial charge is 0.497 e. The van der Waals surface area contributed by atoms with Crippen molar-refractivity contribution in [1.82, 2.24) is 4.67 Å². The molecule has 324 valence electrons. The number of nitriles is 1. The van der Waals surface area contributed by atoms with Crippen LogP contribution in [0.2, 0.25) is 0 Å². The number of carbonyl (C=O) groups excluding carboxylic acids is 2. The highest BCUT2D eigenvalue weighted by atomic mass is 31.2. The second-order valence-corrected chi connectivity index (χ2v) is 16.9. The van der Waals surface area contributed by atoms with Gasteiger partial charge < -0.3 is 33.9 Å². The Morgan fingerprint density at radius 1 is 0.613 bits per heavy atom. The smallest absolute Gasteiger partial charge is 0.259 e. The summed E-state index contributed by atoms with van der Waals surface area (Å²) < 4.78 is 32.5. The SMILES string of the molecule is COc1ccc(C(OCCCNc2ccc(NCCCOP(OCCC#N)N(C(C)C)C(C)C)c3c2C(=O)c2ccccc2C3=O)(c2ccccc2)c2ccc(OC)cc2)cc1. The molecule has 0 amide bonds. The minimum Gasteiger partial charge on any atom is -0.497 e. The number of hydrogen-bond donors (Lipinski definition) is 2. The fourth-order valence-corrected chi connectivity index (χ4v) is 9.49. The summed E-state index contributed by atoms with van der Waals surface area (Å²) in [6, 6.07) is 39.3. The highest BCUT2D eigenvalue weighted by molar-refractivity contribution is 7.44. The summed E-state index contributed by atoms with van der Waals surface area (Å²) in [5.74, 6) is 1.08. The maximum Gasteiger partial charge on any atom is 0.259 e. The Morgan fingerprint density at radius 3 is 1.53 bits per heavy atom. The lowest BCUT2D eigenvalue weighted by Gasteiger charge is -2.36. The molecule has 1 aliphatic rings. The third-order valence-electron chi connectivity index (χ3n) is 10.7. The minimum atomic E-state index is -1.37. The molecule has 5 aromatic carbocycles. The van der Waals surface area contributed by atoms with E-state index in [1.807, 2.05) is 78.9 Å². The molecule has 62 heavy (non-hydrogen) atoms. The quantitative estimate of drug-likeness (QED) is 0.0363. The van der Waals surface area contributed by atoms with E-state index in [9.17, 15) is 9.59 Å². The molecule has 2 N–H and O–H groups in total. The minimum absolute atomic E-state index is 0.195. The van der Waals surface area contributed by atoms with Crippen LogP contribution in [-0.2, 0) is 19.4 Å². The van der Waals surface area contributed by atoms with E-state index in [1.54, 1.807) is 38.5 Å². The summed E-state index contributed by atoms with van der Waals surface area (Å²) in [6.07, 6.45) is 1.50. The van der Waals surface area contributed by atoms with Crippen molar-refractivity contribution in [3.05, 3.63) is 154 Å². The van der Waals surface area contributed by atoms with Crippen LogP contribution in [0.5, 0.6) is 11.5 Å². The number of ether oxygens (including phenoxy) is 3. The first kappa shape index (κ1) is 45.9. The fraction of sp³-hybridized carbons (Fsp3) is 0.340. The zero-order chi connectivity index (χ0) is 44.1. The summed E-state index contributed by atoms with van der Waals surface area (Å²) in [5, 5.41) is 16.0. The van der Waals surface area contributed by atoms with Crippen molar-refractivity contribution in [2.75, 3.05) is 57.8 Å². The van der Waals surface area contributed by atoms with E-state index in [4.69, 9.17) is 28.5 Å². The Hall–Kier alpha value is -5.60. The second kappa shape index (κ2) is 22.0. The van der Waals surface area contributed by atoms with Crippen LogP contribution in [0.15, 0.2) is 115 Å². The topological polar surface area (TPSA) is 131 Å². The van der Waals surface area contributed by atoms with Crippen molar-refractivity contribution in [3.63, 3.8) is 0 Å². The number of anilines is 2. The molecule has 0 radical (unpaired) electrons. The molecule has 5 aromatic rings. The van der Waals surface area contributed by atoms with E-state index in [2.05, 4.69) is 61.2 Å². The number of hydrogen-bond acceptors (Lipinski definition) is 11. The van der Waals surface area contributed by atoms with Gasteiger partial charge in [-0.05, 0) is 93.6 Å². The molecule has 0 heterocycles. The van der Waals surface area contributed by atoms with Gasteiger partial charge in [-0.25, -0.2) is 4.67 Å². The van der Waals surface area contributed by atoms with Crippen molar-refractivity contribution >= 4 is 31.5 Å². The summed E-state index contributed by atoms with van der Waals surface area (Å²) in [6.45, 7) is 10.4. The predicted octanol–water partition coefficient (Wildman–Crippen LogP) is 10.4. The van der Waals surface area contributed by atoms with Gasteiger partial charge in [0.05, 0.1) is 57.7 Å². The molecule has 1 atom stereocenters. The highest BCUT2D eigenvalue weighted by Crippen LogP contribution is 2.46. The molecule has 0 aliphatic heterocycles. The normalized spacial score (nSPS) is 12.8. The molecule has 0 saturated heterocycles. The summed E-state index contributed by atoms with van der Waals surface area (Å²) in [4.78, 5) is 28.4. The standard InChI is InChI=1S/C50H57N4O7P/c1-35(2)54(36(3)4)62(60-33-12-29-51)61-34-14-31-53-45-28-27-44(46-47(45)49(56)43-18-11-10-17-42(43)48(46)55)52-30-13-32-59-50(37-15-8-7-9-16-37,38-19-23-40(57-5)24-20-38)39-21-25-41(58-6)26-22-39/h7-11,15-28,35-36,52-53H,12-14,30-34H2,1-6H3. The van der Waals surface area contributed by atoms with Crippen LogP contribution >= 0.6 is 8.53 Å². The summed E-state index contributed by atoms with van der Waals surface area (Å²) in [7, 11) is 1.93. The van der Waals surface area contributed by atoms with Gasteiger partial charge in [-0.3, -0.25) is 9.59 Å². The van der Waals surface area contributed by atoms with Gasteiger partial charge in [0.25, 0.3) is 8.53 Å². The van der Waals surface area contributed by atoms with Crippen LogP contribution in [0.1, 0.15) is 95.5 Å². The fourth-order valence-electron chi connectivity index (χ4n) is 7.86. The Kier molecular flexibility index (Phi) is 16.3. The second-order valence-electron chi connectivity index (χ2n) is 15.4. The number of nitrogens with zero attached hydrogens (tertiary/aromatic N) is 2. The maximum atomic E-state index is 14.2. The molecule has 0 fully saturated rings. The lowest BCUT2D eigenvalue weighted by atomic mass is 9.80. The van der Waals surface area contributed by atoms with Gasteiger partial charge in [0, 0.05) is 47.7 Å². The van der Waals surface area contributed by atoms with E-state index in [-0.39, 0.29) is 30.1 Å². The molecule has 12 heteroatoms. The van der Waals surface area contributed by atoms with Gasteiger partial charge in [-0.15, -0.1) is 0 Å². The predicted molar refractivity (Wildman–Crippen MR) is 245 cm³/mol. The van der Waals surface area contributed by atoms with E-state index >= 15 is 0 Å². The average Bonchev–Trinajstić information content (AvgIpc) is 3.29. The van der Waals surface area contributed by atoms with Crippen molar-refractivity contribution in [3.8, 4) is 17.6 Å². The molecule has 0 aromatic heterocycles. The Morgan fingerprint density at radius 2 is 1.06 bits per heavy atom. The third-order valence-corrected chi connectivity index (χ3v) is 12.8. The molecule has 1 unspecified atom stereocenters. The Bertz CT molecular complexity index is 2240. The number of rotatable bonds is 23. The molecular weight excluding hydrogens is 800 g/mol. The number of nitrogens with one attached hydrogen (secondary N) is 2. The monoisotopic (exact) mass is 856 g/mol. The maximum absolute atomic E-state index is 14.2. The van der Waals surface area contributed by atoms with Gasteiger partial charge in [0.1, 0.15) is 17.1 Å². The lowest BCUT2D eigenvalue weighted by molar-refractivity contribution is 0.0127. The number of methoxy groups -OCH3 is 2. The third kappa shape index (κ3) is 10.4. The Balaban J connectivity index is 1.20. The molecular formula is C50H57N4O7P. The van der Waals surface area contributed by atoms with Crippen molar-refractivity contribution in [2.24, 2.45) is 0 Å². The molecule has 11 nitrogen and oxygen atoms in total. The van der Waals surface area contributed by atoms with Gasteiger partial charge >= 0.3 is 0 Å². The van der Waals surface area contributed by atoms with Crippen LogP contribution in [-0.4, -0.2) is 75.5 Å². The van der Waals surface area contributed by atoms with Crippen LogP contribution in [0.3, 0.4) is 0 Å². The van der Waals surface area contributed by atoms with Crippen molar-refractivity contribution < 1.29 is 32.8 Å². The number of ketones is 2. The van der Waals surface area contributed by atoms with Gasteiger partial charge in [0.2, 0.25) is 0 Å². The number of carbonyl (C=O) groups is 2. The van der Waals surface area contributed by atoms with E-state index in [0.717, 1.165) is 28.2 Å². The first-order chi connectivity index (χ1) is 30.1. The van der Waals surface area contributed by atoms with Crippen LogP contribution in [0.4, 0.5) is 11.4 Å². The molecule has 0 saturated carbocycles. The zero-order valence-electron chi connectivity index (χ0n) is 36.5. The van der Waals surface area contributed by atoms with Crippen LogP contribution in [0.25, 0.3) is 0 Å².